The highest BCUT2D eigenvalue weighted by Gasteiger charge is 2.11. The Labute approximate surface area is 120 Å². The van der Waals surface area contributed by atoms with Gasteiger partial charge in [-0.3, -0.25) is 4.68 Å². The molecule has 0 amide bonds. The van der Waals surface area contributed by atoms with Crippen LogP contribution in [-0.2, 0) is 0 Å². The maximum atomic E-state index is 4.51. The van der Waals surface area contributed by atoms with Crippen molar-refractivity contribution >= 4 is 28.4 Å². The zero-order valence-electron chi connectivity index (χ0n) is 10.9. The highest BCUT2D eigenvalue weighted by molar-refractivity contribution is 14.1. The number of hydrogen-bond acceptors (Lipinski definition) is 4. The van der Waals surface area contributed by atoms with Crippen molar-refractivity contribution in [3.63, 3.8) is 0 Å². The van der Waals surface area contributed by atoms with Crippen LogP contribution in [0.3, 0.4) is 0 Å². The molecule has 0 aliphatic heterocycles. The average molecular weight is 357 g/mol. The minimum Gasteiger partial charge on any atom is -0.372 e. The van der Waals surface area contributed by atoms with Gasteiger partial charge in [-0.05, 0) is 43.4 Å². The highest BCUT2D eigenvalue weighted by atomic mass is 127. The Balaban J connectivity index is 2.47. The number of anilines is 1. The van der Waals surface area contributed by atoms with Gasteiger partial charge in [0.25, 0.3) is 0 Å². The van der Waals surface area contributed by atoms with Crippen LogP contribution in [0.25, 0.3) is 11.4 Å². The summed E-state index contributed by atoms with van der Waals surface area (Å²) in [6.07, 6.45) is 3.78. The molecule has 0 aliphatic rings. The van der Waals surface area contributed by atoms with E-state index in [0.717, 1.165) is 20.6 Å². The third-order valence-corrected chi connectivity index (χ3v) is 3.93. The van der Waals surface area contributed by atoms with E-state index >= 15 is 0 Å². The number of rotatable bonds is 3. The normalized spacial score (nSPS) is 11.0. The summed E-state index contributed by atoms with van der Waals surface area (Å²) in [6, 6.07) is 0.340. The first-order chi connectivity index (χ1) is 8.52. The molecule has 0 saturated heterocycles. The molecule has 18 heavy (non-hydrogen) atoms. The molecule has 0 aromatic carbocycles. The fourth-order valence-electron chi connectivity index (χ4n) is 1.59. The molecule has 0 aliphatic carbocycles. The molecule has 96 valence electrons. The lowest BCUT2D eigenvalue weighted by atomic mass is 10.3. The molecule has 0 fully saturated rings. The van der Waals surface area contributed by atoms with Gasteiger partial charge in [0.05, 0.1) is 21.0 Å². The van der Waals surface area contributed by atoms with Crippen LogP contribution in [0.4, 0.5) is 5.82 Å². The molecule has 0 bridgehead atoms. The molecule has 0 saturated carbocycles. The monoisotopic (exact) mass is 357 g/mol. The maximum absolute atomic E-state index is 4.51. The average Bonchev–Trinajstić information content (AvgIpc) is 2.82. The van der Waals surface area contributed by atoms with Gasteiger partial charge in [0.15, 0.2) is 5.82 Å². The van der Waals surface area contributed by atoms with Crippen molar-refractivity contribution in [3.8, 4) is 11.4 Å². The van der Waals surface area contributed by atoms with Crippen molar-refractivity contribution in [2.45, 2.75) is 26.8 Å². The van der Waals surface area contributed by atoms with Gasteiger partial charge in [-0.15, -0.1) is 0 Å². The van der Waals surface area contributed by atoms with Crippen molar-refractivity contribution in [2.24, 2.45) is 0 Å². The van der Waals surface area contributed by atoms with E-state index in [4.69, 9.17) is 0 Å². The van der Waals surface area contributed by atoms with Crippen molar-refractivity contribution in [2.75, 3.05) is 12.4 Å². The van der Waals surface area contributed by atoms with Gasteiger partial charge in [0, 0.05) is 19.3 Å². The molecule has 0 unspecified atom stereocenters. The number of aromatic nitrogens is 4. The van der Waals surface area contributed by atoms with Crippen LogP contribution < -0.4 is 5.32 Å². The van der Waals surface area contributed by atoms with E-state index in [1.165, 1.54) is 0 Å². The van der Waals surface area contributed by atoms with E-state index in [9.17, 15) is 0 Å². The van der Waals surface area contributed by atoms with Crippen LogP contribution in [-0.4, -0.2) is 26.8 Å². The molecule has 0 spiro atoms. The van der Waals surface area contributed by atoms with Gasteiger partial charge in [-0.25, -0.2) is 9.97 Å². The number of aryl methyl sites for hydroxylation is 1. The fraction of sp³-hybridized carbons (Fsp3) is 0.417. The van der Waals surface area contributed by atoms with Gasteiger partial charge in [0.1, 0.15) is 5.82 Å². The fourth-order valence-corrected chi connectivity index (χ4v) is 2.10. The summed E-state index contributed by atoms with van der Waals surface area (Å²) in [4.78, 5) is 9.02. The molecule has 0 atom stereocenters. The summed E-state index contributed by atoms with van der Waals surface area (Å²) in [6.45, 7) is 6.17. The van der Waals surface area contributed by atoms with Gasteiger partial charge in [0.2, 0.25) is 0 Å². The van der Waals surface area contributed by atoms with Gasteiger partial charge in [-0.2, -0.15) is 5.10 Å². The van der Waals surface area contributed by atoms with Crippen LogP contribution in [0.2, 0.25) is 0 Å². The lowest BCUT2D eigenvalue weighted by molar-refractivity contribution is 0.532. The van der Waals surface area contributed by atoms with E-state index < -0.39 is 0 Å². The van der Waals surface area contributed by atoms with E-state index in [2.05, 4.69) is 56.8 Å². The summed E-state index contributed by atoms with van der Waals surface area (Å²) in [5.41, 5.74) is 1.92. The summed E-state index contributed by atoms with van der Waals surface area (Å²) in [7, 11) is 1.87. The van der Waals surface area contributed by atoms with E-state index in [1.807, 2.05) is 24.9 Å². The minimum absolute atomic E-state index is 0.340. The molecule has 2 aromatic heterocycles. The summed E-state index contributed by atoms with van der Waals surface area (Å²) < 4.78 is 2.96. The summed E-state index contributed by atoms with van der Waals surface area (Å²) in [5.74, 6) is 1.57. The van der Waals surface area contributed by atoms with Gasteiger partial charge < -0.3 is 5.32 Å². The third-order valence-electron chi connectivity index (χ3n) is 2.64. The smallest absolute Gasteiger partial charge is 0.165 e. The van der Waals surface area contributed by atoms with Crippen molar-refractivity contribution in [1.29, 1.82) is 0 Å². The number of halogens is 1. The van der Waals surface area contributed by atoms with Crippen LogP contribution in [0.15, 0.2) is 12.4 Å². The number of nitrogens with one attached hydrogen (secondary N) is 1. The molecule has 2 rings (SSSR count). The Bertz CT molecular complexity index is 562. The molecule has 0 radical (unpaired) electrons. The standard InChI is InChI=1S/C12H16IN5/c1-7(2)18-6-9(5-15-18)11-16-8(3)10(13)12(14-4)17-11/h5-7H,1-4H3,(H,14,16,17). The third kappa shape index (κ3) is 2.47. The Hall–Kier alpha value is -1.18. The molecular weight excluding hydrogens is 341 g/mol. The van der Waals surface area contributed by atoms with Gasteiger partial charge >= 0.3 is 0 Å². The van der Waals surface area contributed by atoms with Crippen LogP contribution in [0, 0.1) is 10.5 Å². The van der Waals surface area contributed by atoms with E-state index in [0.29, 0.717) is 11.9 Å². The topological polar surface area (TPSA) is 55.6 Å². The highest BCUT2D eigenvalue weighted by Crippen LogP contribution is 2.23. The van der Waals surface area contributed by atoms with Crippen molar-refractivity contribution in [3.05, 3.63) is 21.7 Å². The molecule has 1 N–H and O–H groups in total. The quantitative estimate of drug-likeness (QED) is 0.859. The largest absolute Gasteiger partial charge is 0.372 e. The van der Waals surface area contributed by atoms with Crippen molar-refractivity contribution in [1.82, 2.24) is 19.7 Å². The van der Waals surface area contributed by atoms with Gasteiger partial charge in [-0.1, -0.05) is 0 Å². The summed E-state index contributed by atoms with van der Waals surface area (Å²) >= 11 is 2.25. The van der Waals surface area contributed by atoms with Crippen LogP contribution in [0.5, 0.6) is 0 Å². The zero-order valence-corrected chi connectivity index (χ0v) is 13.1. The SMILES string of the molecule is CNc1nc(-c2cnn(C(C)C)c2)nc(C)c1I. The predicted molar refractivity (Wildman–Crippen MR) is 80.6 cm³/mol. The minimum atomic E-state index is 0.340. The lowest BCUT2D eigenvalue weighted by Gasteiger charge is -2.07. The molecule has 2 aromatic rings. The summed E-state index contributed by atoms with van der Waals surface area (Å²) in [5, 5.41) is 7.40. The van der Waals surface area contributed by atoms with Crippen LogP contribution in [0.1, 0.15) is 25.6 Å². The maximum Gasteiger partial charge on any atom is 0.165 e. The molecular formula is C12H16IN5. The first-order valence-corrected chi connectivity index (χ1v) is 6.87. The number of hydrogen-bond donors (Lipinski definition) is 1. The molecule has 2 heterocycles. The second kappa shape index (κ2) is 5.21. The first kappa shape index (κ1) is 13.3. The Morgan fingerprint density at radius 3 is 2.61 bits per heavy atom. The van der Waals surface area contributed by atoms with E-state index in [-0.39, 0.29) is 0 Å². The predicted octanol–water partition coefficient (Wildman–Crippen LogP) is 2.88. The van der Waals surface area contributed by atoms with Crippen LogP contribution >= 0.6 is 22.6 Å². The van der Waals surface area contributed by atoms with Crippen molar-refractivity contribution < 1.29 is 0 Å². The molecule has 6 heteroatoms. The Morgan fingerprint density at radius 1 is 1.33 bits per heavy atom. The lowest BCUT2D eigenvalue weighted by Crippen LogP contribution is -2.02. The zero-order chi connectivity index (χ0) is 13.3. The second-order valence-corrected chi connectivity index (χ2v) is 5.43. The Morgan fingerprint density at radius 2 is 2.06 bits per heavy atom. The second-order valence-electron chi connectivity index (χ2n) is 4.35. The Kier molecular flexibility index (Phi) is 3.84. The molecule has 5 nitrogen and oxygen atoms in total. The number of nitrogens with zero attached hydrogens (tertiary/aromatic N) is 4. The first-order valence-electron chi connectivity index (χ1n) is 5.79. The van der Waals surface area contributed by atoms with E-state index in [1.54, 1.807) is 6.20 Å².